The molecule has 0 saturated heterocycles. The molecule has 24 rings (SSSR count). The first kappa shape index (κ1) is 95.4. The van der Waals surface area contributed by atoms with Gasteiger partial charge in [0, 0.05) is 90.8 Å². The lowest BCUT2D eigenvalue weighted by molar-refractivity contribution is 0.584. The normalized spacial score (nSPS) is 12.2. The zero-order chi connectivity index (χ0) is 102. The average Bonchev–Trinajstić information content (AvgIpc) is 0.714. The van der Waals surface area contributed by atoms with Gasteiger partial charge < -0.3 is 19.6 Å². The first-order chi connectivity index (χ1) is 71.2. The van der Waals surface area contributed by atoms with Gasteiger partial charge in [-0.3, -0.25) is 0 Å². The van der Waals surface area contributed by atoms with Crippen LogP contribution in [-0.4, -0.2) is 32.3 Å². The number of hydrogen-bond donors (Lipinski definition) is 0. The summed E-state index contributed by atoms with van der Waals surface area (Å²) >= 11 is 0. The number of hydrogen-bond acceptors (Lipinski definition) is 4. The second-order valence-corrected chi connectivity index (χ2v) is 63.3. The van der Waals surface area contributed by atoms with Crippen LogP contribution >= 0.6 is 0 Å². The fraction of sp³-hybridized carbons (Fsp3) is 0.0909. The molecule has 0 atom stereocenters. The van der Waals surface area contributed by atoms with Crippen molar-refractivity contribution in [3.63, 3.8) is 0 Å². The summed E-state index contributed by atoms with van der Waals surface area (Å²) in [6, 6.07) is 132. The van der Waals surface area contributed by atoms with E-state index in [9.17, 15) is 0 Å². The predicted molar refractivity (Wildman–Crippen MR) is 622 cm³/mol. The average molecular weight is 2010 g/mol. The van der Waals surface area contributed by atoms with Gasteiger partial charge in [0.1, 0.15) is 23.3 Å². The predicted octanol–water partition coefficient (Wildman–Crippen LogP) is 37.6. The lowest BCUT2D eigenvalue weighted by Gasteiger charge is -2.32. The molecule has 0 radical (unpaired) electrons. The maximum atomic E-state index is 17.4. The Labute approximate surface area is 859 Å². The van der Waals surface area contributed by atoms with Gasteiger partial charge in [-0.05, 0) is 218 Å². The van der Waals surface area contributed by atoms with Crippen molar-refractivity contribution in [1.29, 1.82) is 0 Å². The van der Waals surface area contributed by atoms with E-state index in [4.69, 9.17) is 0 Å². The highest BCUT2D eigenvalue weighted by Gasteiger charge is 2.35. The molecule has 24 aromatic rings. The van der Waals surface area contributed by atoms with E-state index in [2.05, 4.69) is 224 Å². The summed E-state index contributed by atoms with van der Waals surface area (Å²) in [7, 11) is -7.00. The monoisotopic (exact) mass is 2010 g/mol. The molecule has 0 aliphatic carbocycles. The molecule has 0 aromatic heterocycles. The van der Waals surface area contributed by atoms with Crippen molar-refractivity contribution < 1.29 is 35.1 Å². The van der Waals surface area contributed by atoms with Crippen LogP contribution in [0.5, 0.6) is 0 Å². The molecule has 0 bridgehead atoms. The third-order valence-corrected chi connectivity index (χ3v) is 37.7. The summed E-state index contributed by atoms with van der Waals surface area (Å²) in [6.07, 6.45) is 0. The van der Waals surface area contributed by atoms with Crippen molar-refractivity contribution >= 4 is 229 Å². The second-order valence-electron chi connectivity index (χ2n) is 43.0. The molecule has 0 fully saturated rings. The molecule has 0 amide bonds. The maximum Gasteiger partial charge on any atom is 0.150 e. The van der Waals surface area contributed by atoms with Crippen molar-refractivity contribution in [3.8, 4) is 44.5 Å². The van der Waals surface area contributed by atoms with Gasteiger partial charge in [-0.25, -0.2) is 35.1 Å². The van der Waals surface area contributed by atoms with E-state index >= 15 is 35.1 Å². The highest BCUT2D eigenvalue weighted by atomic mass is 28.3. The van der Waals surface area contributed by atoms with E-state index < -0.39 is 78.8 Å². The Morgan fingerprint density at radius 1 is 0.162 bits per heavy atom. The van der Waals surface area contributed by atoms with Gasteiger partial charge >= 0.3 is 0 Å². The van der Waals surface area contributed by atoms with Crippen molar-refractivity contribution in [2.75, 3.05) is 19.6 Å². The van der Waals surface area contributed by atoms with Crippen LogP contribution in [0.4, 0.5) is 103 Å². The van der Waals surface area contributed by atoms with E-state index in [1.807, 2.05) is 238 Å². The maximum absolute atomic E-state index is 17.4. The van der Waals surface area contributed by atoms with Gasteiger partial charge in [0.2, 0.25) is 0 Å². The van der Waals surface area contributed by atoms with Gasteiger partial charge in [-0.2, -0.15) is 0 Å². The molecule has 724 valence electrons. The molecule has 0 N–H and O–H groups in total. The van der Waals surface area contributed by atoms with Crippen LogP contribution in [0.3, 0.4) is 0 Å². The van der Waals surface area contributed by atoms with Crippen LogP contribution in [0.15, 0.2) is 413 Å². The minimum atomic E-state index is -1.75. The molecule has 0 heterocycles. The van der Waals surface area contributed by atoms with Gasteiger partial charge in [0.05, 0.1) is 77.8 Å². The highest BCUT2D eigenvalue weighted by Crippen LogP contribution is 2.56. The Hall–Kier alpha value is -16.1. The lowest BCUT2D eigenvalue weighted by atomic mass is 9.90. The van der Waals surface area contributed by atoms with Gasteiger partial charge in [-0.1, -0.05) is 378 Å². The zero-order valence-corrected chi connectivity index (χ0v) is 88.1. The largest absolute Gasteiger partial charge is 0.307 e. The number of anilines is 12. The summed E-state index contributed by atoms with van der Waals surface area (Å²) in [5.41, 5.74) is 11.0. The standard InChI is InChI=1S/2C66H52F4N2Si2/c1-73(2,3)49-29-25-47(26-30-49)71(65-57(37-45(67)39-59(65)69)53-19-11-15-41-13-7-9-17-51(41)53)61-35-23-43-22-34-56-62(36-24-44-21-33-55(61)63(43)64(44)56)72(48-27-31-50(32-28-48)74(4,5)6)66-58(38-46(68)40-60(66)70)54-20-12-16-42-14-8-10-18-52(42)54;1-73(2,3)53-27-23-51(24-28-53)71(65-57(37-49(67)39-59(65)69)47-17-15-41-11-7-9-13-45(41)35-47)61-33-21-43-20-32-56-62(34-22-44-19-31-55(61)63(43)64(44)56)72(52-25-29-54(30-26-52)74(4,5)6)66-58(38-50(68)40-60(66)70)48-18-16-42-12-8-10-14-46(42)36-48/h2*7-40H,1-6H3. The number of rotatable bonds is 20. The first-order valence-corrected chi connectivity index (χ1v) is 64.2. The van der Waals surface area contributed by atoms with Gasteiger partial charge in [0.15, 0.2) is 23.3 Å². The number of nitrogens with zero attached hydrogens (tertiary/aromatic N) is 4. The number of benzene rings is 24. The van der Waals surface area contributed by atoms with E-state index in [0.29, 0.717) is 67.3 Å². The number of halogens is 8. The smallest absolute Gasteiger partial charge is 0.150 e. The molecule has 4 nitrogen and oxygen atoms in total. The van der Waals surface area contributed by atoms with Crippen LogP contribution in [-0.2, 0) is 0 Å². The second kappa shape index (κ2) is 37.1. The summed E-state index contributed by atoms with van der Waals surface area (Å²) in [5, 5.41) is 23.5. The van der Waals surface area contributed by atoms with Crippen LogP contribution in [0.2, 0.25) is 78.6 Å². The molecule has 0 aliphatic heterocycles. The fourth-order valence-electron chi connectivity index (χ4n) is 22.0. The Balaban J connectivity index is 0.000000163. The Morgan fingerprint density at radius 3 is 0.655 bits per heavy atom. The Kier molecular flexibility index (Phi) is 23.9. The zero-order valence-electron chi connectivity index (χ0n) is 84.1. The van der Waals surface area contributed by atoms with E-state index in [-0.39, 0.29) is 22.7 Å². The molecule has 16 heteroatoms. The summed E-state index contributed by atoms with van der Waals surface area (Å²) in [6.45, 7) is 27.6. The van der Waals surface area contributed by atoms with E-state index in [1.165, 1.54) is 45.0 Å². The van der Waals surface area contributed by atoms with E-state index in [1.54, 1.807) is 0 Å². The highest BCUT2D eigenvalue weighted by molar-refractivity contribution is 6.90. The summed E-state index contributed by atoms with van der Waals surface area (Å²) in [5.74, 6) is -5.49. The lowest BCUT2D eigenvalue weighted by Crippen LogP contribution is -2.37. The number of fused-ring (bicyclic) bond motifs is 4. The van der Waals surface area contributed by atoms with Crippen molar-refractivity contribution in [3.05, 3.63) is 459 Å². The molecule has 0 aliphatic rings. The minimum absolute atomic E-state index is 0.221. The van der Waals surface area contributed by atoms with Crippen LogP contribution in [0, 0.1) is 46.5 Å². The first-order valence-electron chi connectivity index (χ1n) is 50.2. The minimum Gasteiger partial charge on any atom is -0.307 e. The van der Waals surface area contributed by atoms with Crippen molar-refractivity contribution in [1.82, 2.24) is 0 Å². The topological polar surface area (TPSA) is 13.0 Å². The Morgan fingerprint density at radius 2 is 0.385 bits per heavy atom. The van der Waals surface area contributed by atoms with Crippen molar-refractivity contribution in [2.45, 2.75) is 78.6 Å². The fourth-order valence-corrected chi connectivity index (χ4v) is 26.6. The van der Waals surface area contributed by atoms with Crippen LogP contribution in [0.1, 0.15) is 0 Å². The molecule has 0 saturated carbocycles. The quantitative estimate of drug-likeness (QED) is 0.0428. The van der Waals surface area contributed by atoms with Crippen molar-refractivity contribution in [2.24, 2.45) is 0 Å². The molecule has 0 unspecified atom stereocenters. The molecule has 0 spiro atoms. The SMILES string of the molecule is C[Si](C)(C)c1ccc(N(c2c(F)cc(F)cc2-c2ccc3ccccc3c2)c2ccc3ccc4c(N(c5ccc([Si](C)(C)C)cc5)c5c(F)cc(F)cc5-c5ccc6ccccc6c5)ccc5ccc2c3c54)cc1.C[Si](C)(C)c1ccc(N(c2c(F)cc(F)cc2-c2cccc3ccccc23)c2ccc3ccc4c(N(c5ccc([Si](C)(C)C)cc5)c5c(F)cc(F)cc5-c5cccc6ccccc56)ccc5ccc2c3c54)cc1. The summed E-state index contributed by atoms with van der Waals surface area (Å²) < 4.78 is 133. The van der Waals surface area contributed by atoms with E-state index in [0.717, 1.165) is 155 Å². The molecule has 24 aromatic carbocycles. The van der Waals surface area contributed by atoms with Crippen LogP contribution in [0.25, 0.3) is 152 Å². The third-order valence-electron chi connectivity index (χ3n) is 29.5. The Bertz CT molecular complexity index is 8850. The van der Waals surface area contributed by atoms with Crippen LogP contribution < -0.4 is 40.3 Å². The van der Waals surface area contributed by atoms with Gasteiger partial charge in [-0.15, -0.1) is 0 Å². The molecule has 148 heavy (non-hydrogen) atoms. The summed E-state index contributed by atoms with van der Waals surface area (Å²) in [4.78, 5) is 7.78. The molecular weight excluding hydrogens is 1910 g/mol. The molecular formula is C132H104F8N4Si4. The third kappa shape index (κ3) is 17.2. The van der Waals surface area contributed by atoms with Gasteiger partial charge in [0.25, 0.3) is 0 Å².